The molecule has 0 bridgehead atoms. The molecule has 1 aromatic carbocycles. The maximum Gasteiger partial charge on any atom is 0.251 e. The Labute approximate surface area is 124 Å². The van der Waals surface area contributed by atoms with Crippen LogP contribution in [0.25, 0.3) is 0 Å². The van der Waals surface area contributed by atoms with Gasteiger partial charge >= 0.3 is 0 Å². The fourth-order valence-electron chi connectivity index (χ4n) is 1.82. The van der Waals surface area contributed by atoms with Gasteiger partial charge in [0.05, 0.1) is 4.90 Å². The van der Waals surface area contributed by atoms with Crippen molar-refractivity contribution in [2.24, 2.45) is 11.1 Å². The summed E-state index contributed by atoms with van der Waals surface area (Å²) in [5, 5.41) is 7.67. The Morgan fingerprint density at radius 2 is 1.86 bits per heavy atom. The van der Waals surface area contributed by atoms with Gasteiger partial charge in [-0.05, 0) is 43.9 Å². The van der Waals surface area contributed by atoms with Crippen LogP contribution in [0.1, 0.15) is 44.0 Å². The highest BCUT2D eigenvalue weighted by Gasteiger charge is 2.16. The van der Waals surface area contributed by atoms with Crippen molar-refractivity contribution in [1.29, 1.82) is 0 Å². The lowest BCUT2D eigenvalue weighted by Crippen LogP contribution is -2.33. The van der Waals surface area contributed by atoms with Gasteiger partial charge in [-0.25, -0.2) is 17.9 Å². The van der Waals surface area contributed by atoms with Gasteiger partial charge in [-0.3, -0.25) is 4.79 Å². The number of rotatable bonds is 6. The average Bonchev–Trinajstić information content (AvgIpc) is 2.34. The summed E-state index contributed by atoms with van der Waals surface area (Å²) in [6.07, 6.45) is 1.74. The minimum absolute atomic E-state index is 0.0598. The van der Waals surface area contributed by atoms with E-state index in [1.165, 1.54) is 0 Å². The lowest BCUT2D eigenvalue weighted by atomic mass is 10.0. The second-order valence-corrected chi connectivity index (χ2v) is 7.13. The number of primary sulfonamides is 1. The van der Waals surface area contributed by atoms with Gasteiger partial charge in [-0.2, -0.15) is 0 Å². The van der Waals surface area contributed by atoms with E-state index in [2.05, 4.69) is 19.2 Å². The normalized spacial score (nSPS) is 13.2. The highest BCUT2D eigenvalue weighted by Crippen LogP contribution is 2.14. The van der Waals surface area contributed by atoms with Crippen LogP contribution in [0.15, 0.2) is 23.1 Å². The van der Waals surface area contributed by atoms with Gasteiger partial charge in [0, 0.05) is 11.6 Å². The summed E-state index contributed by atoms with van der Waals surface area (Å²) in [7, 11) is -4.05. The van der Waals surface area contributed by atoms with Crippen LogP contribution in [-0.4, -0.2) is 20.4 Å². The predicted molar refractivity (Wildman–Crippen MR) is 78.8 cm³/mol. The van der Waals surface area contributed by atoms with Crippen LogP contribution in [-0.2, 0) is 10.0 Å². The number of carbonyl (C=O) groups excluding carboxylic acids is 1. The summed E-state index contributed by atoms with van der Waals surface area (Å²) in [6.45, 7) is 6.01. The largest absolute Gasteiger partial charge is 0.350 e. The van der Waals surface area contributed by atoms with Crippen molar-refractivity contribution < 1.29 is 17.6 Å². The Balaban J connectivity index is 2.86. The summed E-state index contributed by atoms with van der Waals surface area (Å²) in [6, 6.07) is 2.76. The molecule has 7 heteroatoms. The molecule has 0 aliphatic rings. The fourth-order valence-corrected chi connectivity index (χ4v) is 2.39. The number of hydrogen-bond acceptors (Lipinski definition) is 3. The van der Waals surface area contributed by atoms with E-state index < -0.39 is 26.6 Å². The molecule has 1 atom stereocenters. The van der Waals surface area contributed by atoms with Crippen LogP contribution < -0.4 is 10.5 Å². The highest BCUT2D eigenvalue weighted by atomic mass is 32.2. The van der Waals surface area contributed by atoms with E-state index in [9.17, 15) is 17.6 Å². The van der Waals surface area contributed by atoms with Crippen LogP contribution in [0.3, 0.4) is 0 Å². The number of hydrogen-bond donors (Lipinski definition) is 2. The van der Waals surface area contributed by atoms with Crippen molar-refractivity contribution >= 4 is 15.9 Å². The SMILES string of the molecule is CC(C)CCC(C)NC(=O)c1cc(F)cc(S(N)(=O)=O)c1. The zero-order valence-electron chi connectivity index (χ0n) is 12.4. The molecule has 0 aromatic heterocycles. The van der Waals surface area contributed by atoms with Gasteiger partial charge in [0.2, 0.25) is 10.0 Å². The quantitative estimate of drug-likeness (QED) is 0.841. The Hall–Kier alpha value is -1.47. The smallest absolute Gasteiger partial charge is 0.251 e. The molecule has 21 heavy (non-hydrogen) atoms. The molecule has 1 aromatic rings. The van der Waals surface area contributed by atoms with Crippen LogP contribution in [0.2, 0.25) is 0 Å². The van der Waals surface area contributed by atoms with E-state index >= 15 is 0 Å². The van der Waals surface area contributed by atoms with Crippen LogP contribution in [0, 0.1) is 11.7 Å². The first-order valence-electron chi connectivity index (χ1n) is 6.74. The molecule has 0 spiro atoms. The molecule has 1 unspecified atom stereocenters. The second kappa shape index (κ2) is 7.00. The monoisotopic (exact) mass is 316 g/mol. The van der Waals surface area contributed by atoms with Gasteiger partial charge in [0.15, 0.2) is 0 Å². The second-order valence-electron chi connectivity index (χ2n) is 5.57. The number of amides is 1. The highest BCUT2D eigenvalue weighted by molar-refractivity contribution is 7.89. The van der Waals surface area contributed by atoms with Gasteiger partial charge in [0.25, 0.3) is 5.91 Å². The average molecular weight is 316 g/mol. The minimum atomic E-state index is -4.05. The van der Waals surface area contributed by atoms with E-state index in [4.69, 9.17) is 5.14 Å². The molecule has 1 rings (SSSR count). The van der Waals surface area contributed by atoms with Crippen LogP contribution >= 0.6 is 0 Å². The van der Waals surface area contributed by atoms with Crippen molar-refractivity contribution in [2.75, 3.05) is 0 Å². The maximum absolute atomic E-state index is 13.4. The molecule has 0 saturated carbocycles. The molecule has 0 heterocycles. The number of halogens is 1. The number of nitrogens with two attached hydrogens (primary N) is 1. The van der Waals surface area contributed by atoms with Crippen molar-refractivity contribution in [2.45, 2.75) is 44.6 Å². The van der Waals surface area contributed by atoms with E-state index in [1.807, 2.05) is 6.92 Å². The van der Waals surface area contributed by atoms with Crippen LogP contribution in [0.4, 0.5) is 4.39 Å². The topological polar surface area (TPSA) is 89.3 Å². The third-order valence-electron chi connectivity index (χ3n) is 3.02. The Morgan fingerprint density at radius 1 is 1.24 bits per heavy atom. The number of benzene rings is 1. The zero-order valence-corrected chi connectivity index (χ0v) is 13.2. The van der Waals surface area contributed by atoms with E-state index in [1.54, 1.807) is 0 Å². The minimum Gasteiger partial charge on any atom is -0.350 e. The molecule has 0 fully saturated rings. The lowest BCUT2D eigenvalue weighted by Gasteiger charge is -2.15. The summed E-state index contributed by atoms with van der Waals surface area (Å²) >= 11 is 0. The number of nitrogens with one attached hydrogen (secondary N) is 1. The third-order valence-corrected chi connectivity index (χ3v) is 3.91. The van der Waals surface area contributed by atoms with E-state index in [-0.39, 0.29) is 11.6 Å². The molecule has 5 nitrogen and oxygen atoms in total. The molecule has 0 saturated heterocycles. The summed E-state index contributed by atoms with van der Waals surface area (Å²) in [5.74, 6) is -0.815. The lowest BCUT2D eigenvalue weighted by molar-refractivity contribution is 0.0936. The van der Waals surface area contributed by atoms with Crippen molar-refractivity contribution in [3.05, 3.63) is 29.6 Å². The molecular formula is C14H21FN2O3S. The molecule has 0 radical (unpaired) electrons. The van der Waals surface area contributed by atoms with Crippen molar-refractivity contribution in [3.63, 3.8) is 0 Å². The van der Waals surface area contributed by atoms with Gasteiger partial charge in [-0.1, -0.05) is 13.8 Å². The maximum atomic E-state index is 13.4. The van der Waals surface area contributed by atoms with Gasteiger partial charge in [-0.15, -0.1) is 0 Å². The van der Waals surface area contributed by atoms with Crippen LogP contribution in [0.5, 0.6) is 0 Å². The fraction of sp³-hybridized carbons (Fsp3) is 0.500. The zero-order chi connectivity index (χ0) is 16.2. The van der Waals surface area contributed by atoms with E-state index in [0.29, 0.717) is 5.92 Å². The number of sulfonamides is 1. The first-order chi connectivity index (χ1) is 9.59. The first kappa shape index (κ1) is 17.6. The molecule has 1 amide bonds. The third kappa shape index (κ3) is 5.81. The molecule has 0 aliphatic carbocycles. The number of carbonyl (C=O) groups is 1. The van der Waals surface area contributed by atoms with Gasteiger partial charge in [0.1, 0.15) is 5.82 Å². The summed E-state index contributed by atoms with van der Waals surface area (Å²) in [4.78, 5) is 11.6. The Kier molecular flexibility index (Phi) is 5.86. The summed E-state index contributed by atoms with van der Waals surface area (Å²) in [5.41, 5.74) is -0.0598. The predicted octanol–water partition coefficient (Wildman–Crippen LogP) is 2.03. The summed E-state index contributed by atoms with van der Waals surface area (Å²) < 4.78 is 35.9. The molecule has 0 aliphatic heterocycles. The Morgan fingerprint density at radius 3 is 2.38 bits per heavy atom. The molecular weight excluding hydrogens is 295 g/mol. The van der Waals surface area contributed by atoms with Crippen molar-refractivity contribution in [1.82, 2.24) is 5.32 Å². The van der Waals surface area contributed by atoms with Gasteiger partial charge < -0.3 is 5.32 Å². The standard InChI is InChI=1S/C14H21FN2O3S/c1-9(2)4-5-10(3)17-14(18)11-6-12(15)8-13(7-11)21(16,19)20/h6-10H,4-5H2,1-3H3,(H,17,18)(H2,16,19,20). The Bertz CT molecular complexity index is 615. The van der Waals surface area contributed by atoms with Crippen molar-refractivity contribution in [3.8, 4) is 0 Å². The van der Waals surface area contributed by atoms with E-state index in [0.717, 1.165) is 31.0 Å². The molecule has 3 N–H and O–H groups in total. The first-order valence-corrected chi connectivity index (χ1v) is 8.28. The molecule has 118 valence electrons.